The van der Waals surface area contributed by atoms with E-state index in [1.807, 2.05) is 4.68 Å². The highest BCUT2D eigenvalue weighted by Crippen LogP contribution is 2.30. The minimum Gasteiger partial charge on any atom is -0.447 e. The molecule has 0 bridgehead atoms. The Balaban J connectivity index is 1.68. The lowest BCUT2D eigenvalue weighted by Gasteiger charge is -2.22. The number of nitro benzene ring substituents is 1. The summed E-state index contributed by atoms with van der Waals surface area (Å²) in [5, 5.41) is 18.6. The first-order chi connectivity index (χ1) is 10.7. The molecule has 0 unspecified atom stereocenters. The Morgan fingerprint density at radius 3 is 2.91 bits per heavy atom. The van der Waals surface area contributed by atoms with Crippen molar-refractivity contribution in [1.82, 2.24) is 15.1 Å². The lowest BCUT2D eigenvalue weighted by atomic mass is 9.98. The summed E-state index contributed by atoms with van der Waals surface area (Å²) in [6, 6.07) is 6.34. The largest absolute Gasteiger partial charge is 0.447 e. The Kier molecular flexibility index (Phi) is 4.34. The molecule has 2 heterocycles. The number of para-hydroxylation sites is 2. The van der Waals surface area contributed by atoms with Gasteiger partial charge in [-0.1, -0.05) is 12.1 Å². The maximum Gasteiger partial charge on any atom is 0.311 e. The SMILES string of the molecule is O=[N+]([O-])c1ccccc1Oc1cnn(CC2CCNCC2)c1. The molecule has 1 aliphatic heterocycles. The van der Waals surface area contributed by atoms with Crippen molar-refractivity contribution in [2.45, 2.75) is 19.4 Å². The van der Waals surface area contributed by atoms with Crippen LogP contribution < -0.4 is 10.1 Å². The van der Waals surface area contributed by atoms with E-state index in [-0.39, 0.29) is 11.4 Å². The van der Waals surface area contributed by atoms with E-state index in [1.165, 1.54) is 6.07 Å². The van der Waals surface area contributed by atoms with Crippen LogP contribution in [0, 0.1) is 16.0 Å². The number of hydrogen-bond donors (Lipinski definition) is 1. The highest BCUT2D eigenvalue weighted by molar-refractivity contribution is 5.47. The predicted molar refractivity (Wildman–Crippen MR) is 81.0 cm³/mol. The lowest BCUT2D eigenvalue weighted by Crippen LogP contribution is -2.29. The second-order valence-corrected chi connectivity index (χ2v) is 5.42. The van der Waals surface area contributed by atoms with Gasteiger partial charge in [-0.05, 0) is 37.9 Å². The van der Waals surface area contributed by atoms with Gasteiger partial charge in [-0.25, -0.2) is 0 Å². The fourth-order valence-electron chi connectivity index (χ4n) is 2.65. The van der Waals surface area contributed by atoms with Crippen LogP contribution in [0.1, 0.15) is 12.8 Å². The smallest absolute Gasteiger partial charge is 0.311 e. The van der Waals surface area contributed by atoms with Crippen LogP contribution in [-0.2, 0) is 6.54 Å². The number of nitro groups is 1. The van der Waals surface area contributed by atoms with Crippen molar-refractivity contribution in [3.63, 3.8) is 0 Å². The van der Waals surface area contributed by atoms with Gasteiger partial charge < -0.3 is 10.1 Å². The third kappa shape index (κ3) is 3.43. The van der Waals surface area contributed by atoms with Crippen LogP contribution in [-0.4, -0.2) is 27.8 Å². The Bertz CT molecular complexity index is 650. The standard InChI is InChI=1S/C15H18N4O3/c20-19(21)14-3-1-2-4-15(14)22-13-9-17-18(11-13)10-12-5-7-16-8-6-12/h1-4,9,11-12,16H,5-8,10H2. The van der Waals surface area contributed by atoms with E-state index in [9.17, 15) is 10.1 Å². The van der Waals surface area contributed by atoms with Crippen LogP contribution in [0.3, 0.4) is 0 Å². The molecule has 3 rings (SSSR count). The van der Waals surface area contributed by atoms with E-state index in [1.54, 1.807) is 30.6 Å². The summed E-state index contributed by atoms with van der Waals surface area (Å²) >= 11 is 0. The van der Waals surface area contributed by atoms with Crippen LogP contribution in [0.25, 0.3) is 0 Å². The molecule has 1 aromatic carbocycles. The van der Waals surface area contributed by atoms with Gasteiger partial charge in [-0.3, -0.25) is 14.8 Å². The summed E-state index contributed by atoms with van der Waals surface area (Å²) in [6.45, 7) is 2.94. The Hall–Kier alpha value is -2.41. The number of piperidine rings is 1. The van der Waals surface area contributed by atoms with Crippen molar-refractivity contribution >= 4 is 5.69 Å². The molecule has 0 saturated carbocycles. The van der Waals surface area contributed by atoms with E-state index in [4.69, 9.17) is 4.74 Å². The van der Waals surface area contributed by atoms with E-state index < -0.39 is 4.92 Å². The molecule has 0 amide bonds. The number of nitrogens with one attached hydrogen (secondary N) is 1. The van der Waals surface area contributed by atoms with Crippen LogP contribution in [0.5, 0.6) is 11.5 Å². The maximum atomic E-state index is 11.0. The molecule has 1 saturated heterocycles. The molecule has 22 heavy (non-hydrogen) atoms. The van der Waals surface area contributed by atoms with Gasteiger partial charge in [0.2, 0.25) is 5.75 Å². The molecule has 0 spiro atoms. The Labute approximate surface area is 128 Å². The highest BCUT2D eigenvalue weighted by atomic mass is 16.6. The van der Waals surface area contributed by atoms with E-state index in [0.717, 1.165) is 32.5 Å². The molecule has 116 valence electrons. The molecule has 7 nitrogen and oxygen atoms in total. The summed E-state index contributed by atoms with van der Waals surface area (Å²) < 4.78 is 7.45. The Morgan fingerprint density at radius 2 is 2.14 bits per heavy atom. The molecule has 1 aromatic heterocycles. The summed E-state index contributed by atoms with van der Waals surface area (Å²) in [5.41, 5.74) is -0.0476. The van der Waals surface area contributed by atoms with Gasteiger partial charge in [0.15, 0.2) is 5.75 Å². The minimum absolute atomic E-state index is 0.0476. The predicted octanol–water partition coefficient (Wildman–Crippen LogP) is 2.58. The van der Waals surface area contributed by atoms with Gasteiger partial charge in [0.05, 0.1) is 17.3 Å². The van der Waals surface area contributed by atoms with Crippen molar-refractivity contribution in [3.05, 3.63) is 46.8 Å². The Morgan fingerprint density at radius 1 is 1.36 bits per heavy atom. The molecule has 0 aliphatic carbocycles. The van der Waals surface area contributed by atoms with Gasteiger partial charge in [0, 0.05) is 12.6 Å². The van der Waals surface area contributed by atoms with Crippen molar-refractivity contribution in [2.24, 2.45) is 5.92 Å². The first-order valence-corrected chi connectivity index (χ1v) is 7.37. The van der Waals surface area contributed by atoms with Crippen LogP contribution in [0.15, 0.2) is 36.7 Å². The zero-order valence-electron chi connectivity index (χ0n) is 12.1. The number of rotatable bonds is 5. The second-order valence-electron chi connectivity index (χ2n) is 5.42. The fourth-order valence-corrected chi connectivity index (χ4v) is 2.65. The summed E-state index contributed by atoms with van der Waals surface area (Å²) in [7, 11) is 0. The number of aromatic nitrogens is 2. The topological polar surface area (TPSA) is 82.2 Å². The summed E-state index contributed by atoms with van der Waals surface area (Å²) in [6.07, 6.45) is 5.66. The highest BCUT2D eigenvalue weighted by Gasteiger charge is 2.17. The molecular formula is C15H18N4O3. The van der Waals surface area contributed by atoms with E-state index >= 15 is 0 Å². The zero-order chi connectivity index (χ0) is 15.4. The van der Waals surface area contributed by atoms with Gasteiger partial charge in [0.25, 0.3) is 0 Å². The van der Waals surface area contributed by atoms with E-state index in [2.05, 4.69) is 10.4 Å². The number of ether oxygens (including phenoxy) is 1. The average Bonchev–Trinajstić information content (AvgIpc) is 2.96. The fraction of sp³-hybridized carbons (Fsp3) is 0.400. The van der Waals surface area contributed by atoms with Crippen molar-refractivity contribution in [2.75, 3.05) is 13.1 Å². The number of nitrogens with zero attached hydrogens (tertiary/aromatic N) is 3. The van der Waals surface area contributed by atoms with Crippen molar-refractivity contribution < 1.29 is 9.66 Å². The van der Waals surface area contributed by atoms with Crippen LogP contribution >= 0.6 is 0 Å². The molecule has 7 heteroatoms. The average molecular weight is 302 g/mol. The molecule has 1 aliphatic rings. The molecular weight excluding hydrogens is 284 g/mol. The molecule has 0 atom stereocenters. The minimum atomic E-state index is -0.450. The zero-order valence-corrected chi connectivity index (χ0v) is 12.1. The van der Waals surface area contributed by atoms with E-state index in [0.29, 0.717) is 11.7 Å². The lowest BCUT2D eigenvalue weighted by molar-refractivity contribution is -0.385. The van der Waals surface area contributed by atoms with Gasteiger partial charge in [0.1, 0.15) is 0 Å². The third-order valence-corrected chi connectivity index (χ3v) is 3.80. The van der Waals surface area contributed by atoms with Crippen molar-refractivity contribution in [3.8, 4) is 11.5 Å². The normalized spacial score (nSPS) is 15.6. The first kappa shape index (κ1) is 14.5. The van der Waals surface area contributed by atoms with Gasteiger partial charge in [-0.15, -0.1) is 0 Å². The van der Waals surface area contributed by atoms with Crippen LogP contribution in [0.2, 0.25) is 0 Å². The number of benzene rings is 1. The monoisotopic (exact) mass is 302 g/mol. The molecule has 1 fully saturated rings. The molecule has 1 N–H and O–H groups in total. The first-order valence-electron chi connectivity index (χ1n) is 7.37. The van der Waals surface area contributed by atoms with Gasteiger partial charge in [-0.2, -0.15) is 5.10 Å². The van der Waals surface area contributed by atoms with Gasteiger partial charge >= 0.3 is 5.69 Å². The number of hydrogen-bond acceptors (Lipinski definition) is 5. The second kappa shape index (κ2) is 6.57. The van der Waals surface area contributed by atoms with Crippen molar-refractivity contribution in [1.29, 1.82) is 0 Å². The summed E-state index contributed by atoms with van der Waals surface area (Å²) in [5.74, 6) is 1.36. The third-order valence-electron chi connectivity index (χ3n) is 3.80. The molecule has 2 aromatic rings. The van der Waals surface area contributed by atoms with Crippen LogP contribution in [0.4, 0.5) is 5.69 Å². The quantitative estimate of drug-likeness (QED) is 0.678. The summed E-state index contributed by atoms with van der Waals surface area (Å²) in [4.78, 5) is 10.5. The molecule has 0 radical (unpaired) electrons. The maximum absolute atomic E-state index is 11.0.